The smallest absolute Gasteiger partial charge is 0.253 e. The van der Waals surface area contributed by atoms with Crippen LogP contribution in [0.3, 0.4) is 0 Å². The summed E-state index contributed by atoms with van der Waals surface area (Å²) in [6.45, 7) is 2.85. The molecule has 1 aliphatic rings. The van der Waals surface area contributed by atoms with Gasteiger partial charge in [-0.05, 0) is 49.9 Å². The summed E-state index contributed by atoms with van der Waals surface area (Å²) in [6, 6.07) is 7.09. The van der Waals surface area contributed by atoms with Crippen molar-refractivity contribution in [1.29, 1.82) is 0 Å². The quantitative estimate of drug-likeness (QED) is 0.720. The zero-order valence-electron chi connectivity index (χ0n) is 14.0. The lowest BCUT2D eigenvalue weighted by Gasteiger charge is -2.11. The minimum absolute atomic E-state index is 0.174. The predicted octanol–water partition coefficient (Wildman–Crippen LogP) is 3.54. The molecular formula is C19H20N4O2. The number of anilines is 1. The van der Waals surface area contributed by atoms with Gasteiger partial charge in [-0.15, -0.1) is 0 Å². The first-order chi connectivity index (χ1) is 12.2. The zero-order chi connectivity index (χ0) is 17.2. The lowest BCUT2D eigenvalue weighted by atomic mass is 10.2. The molecule has 2 N–H and O–H groups in total. The van der Waals surface area contributed by atoms with Gasteiger partial charge in [-0.3, -0.25) is 9.78 Å². The fourth-order valence-corrected chi connectivity index (χ4v) is 2.67. The summed E-state index contributed by atoms with van der Waals surface area (Å²) in [5.41, 5.74) is 1.29. The Morgan fingerprint density at radius 3 is 2.92 bits per heavy atom. The maximum atomic E-state index is 12.4. The second-order valence-electron chi connectivity index (χ2n) is 6.51. The molecule has 0 radical (unpaired) electrons. The second kappa shape index (κ2) is 6.55. The summed E-state index contributed by atoms with van der Waals surface area (Å²) < 4.78 is 5.77. The van der Waals surface area contributed by atoms with Crippen LogP contribution in [0.25, 0.3) is 11.0 Å². The molecule has 1 amide bonds. The molecule has 0 aliphatic heterocycles. The number of hydrogen-bond acceptors (Lipinski definition) is 5. The van der Waals surface area contributed by atoms with Crippen LogP contribution >= 0.6 is 0 Å². The van der Waals surface area contributed by atoms with Crippen LogP contribution in [0.15, 0.2) is 47.3 Å². The number of nitrogens with zero attached hydrogens (tertiary/aromatic N) is 2. The number of carbonyl (C=O) groups is 1. The molecule has 1 fully saturated rings. The van der Waals surface area contributed by atoms with Crippen molar-refractivity contribution >= 4 is 22.7 Å². The van der Waals surface area contributed by atoms with E-state index in [4.69, 9.17) is 4.42 Å². The molecule has 3 aromatic rings. The molecule has 3 heterocycles. The number of carbonyl (C=O) groups excluding carboxylic acids is 1. The summed E-state index contributed by atoms with van der Waals surface area (Å²) in [5.74, 6) is 2.12. The monoisotopic (exact) mass is 336 g/mol. The van der Waals surface area contributed by atoms with Gasteiger partial charge in [0.2, 0.25) is 0 Å². The molecule has 3 aromatic heterocycles. The van der Waals surface area contributed by atoms with Crippen LogP contribution in [0.5, 0.6) is 0 Å². The topological polar surface area (TPSA) is 80.0 Å². The molecule has 0 spiro atoms. The van der Waals surface area contributed by atoms with E-state index in [0.717, 1.165) is 29.2 Å². The van der Waals surface area contributed by atoms with Gasteiger partial charge in [0.15, 0.2) is 0 Å². The predicted molar refractivity (Wildman–Crippen MR) is 95.3 cm³/mol. The van der Waals surface area contributed by atoms with Crippen LogP contribution in [0.1, 0.15) is 41.9 Å². The van der Waals surface area contributed by atoms with Crippen LogP contribution < -0.4 is 10.6 Å². The van der Waals surface area contributed by atoms with Crippen molar-refractivity contribution in [2.24, 2.45) is 5.92 Å². The third-order valence-corrected chi connectivity index (χ3v) is 4.40. The van der Waals surface area contributed by atoms with E-state index < -0.39 is 0 Å². The van der Waals surface area contributed by atoms with Gasteiger partial charge in [-0.25, -0.2) is 4.98 Å². The molecule has 0 aromatic carbocycles. The Bertz CT molecular complexity index is 851. The molecule has 6 nitrogen and oxygen atoms in total. The Morgan fingerprint density at radius 2 is 2.20 bits per heavy atom. The summed E-state index contributed by atoms with van der Waals surface area (Å²) >= 11 is 0. The van der Waals surface area contributed by atoms with E-state index in [1.54, 1.807) is 24.7 Å². The second-order valence-corrected chi connectivity index (χ2v) is 6.51. The highest BCUT2D eigenvalue weighted by molar-refractivity contribution is 5.94. The Labute approximate surface area is 145 Å². The van der Waals surface area contributed by atoms with Crippen molar-refractivity contribution in [1.82, 2.24) is 15.3 Å². The Balaban J connectivity index is 1.39. The van der Waals surface area contributed by atoms with Gasteiger partial charge in [-0.1, -0.05) is 0 Å². The fraction of sp³-hybridized carbons (Fsp3) is 0.316. The van der Waals surface area contributed by atoms with Gasteiger partial charge in [-0.2, -0.15) is 0 Å². The molecular weight excluding hydrogens is 316 g/mol. The highest BCUT2D eigenvalue weighted by Gasteiger charge is 2.21. The number of hydrogen-bond donors (Lipinski definition) is 2. The fourth-order valence-electron chi connectivity index (χ4n) is 2.67. The molecule has 128 valence electrons. The molecule has 1 saturated carbocycles. The van der Waals surface area contributed by atoms with Crippen molar-refractivity contribution in [3.05, 3.63) is 54.2 Å². The highest BCUT2D eigenvalue weighted by atomic mass is 16.3. The minimum Gasteiger partial charge on any atom is -0.459 e. The molecule has 4 rings (SSSR count). The van der Waals surface area contributed by atoms with Crippen molar-refractivity contribution < 1.29 is 9.21 Å². The zero-order valence-corrected chi connectivity index (χ0v) is 14.0. The van der Waals surface area contributed by atoms with Crippen molar-refractivity contribution in [3.63, 3.8) is 0 Å². The van der Waals surface area contributed by atoms with Crippen LogP contribution in [0, 0.1) is 5.92 Å². The van der Waals surface area contributed by atoms with Gasteiger partial charge in [0.25, 0.3) is 5.91 Å². The Morgan fingerprint density at radius 1 is 1.32 bits per heavy atom. The molecule has 1 unspecified atom stereocenters. The highest BCUT2D eigenvalue weighted by Crippen LogP contribution is 2.28. The summed E-state index contributed by atoms with van der Waals surface area (Å²) in [7, 11) is 0. The number of nitrogens with one attached hydrogen (secondary N) is 2. The SMILES string of the molecule is CC(NC(=O)c1ccc(NCC2CC2)nc1)c1cc2cnccc2o1. The third-order valence-electron chi connectivity index (χ3n) is 4.40. The Kier molecular flexibility index (Phi) is 4.09. The number of aromatic nitrogens is 2. The maximum absolute atomic E-state index is 12.4. The normalized spacial score (nSPS) is 15.1. The van der Waals surface area contributed by atoms with Gasteiger partial charge in [0, 0.05) is 30.5 Å². The first-order valence-electron chi connectivity index (χ1n) is 8.53. The number of fused-ring (bicyclic) bond motifs is 1. The molecule has 25 heavy (non-hydrogen) atoms. The standard InChI is InChI=1S/C19H20N4O2/c1-12(17-8-15-10-20-7-6-16(15)25-17)23-19(24)14-4-5-18(22-11-14)21-9-13-2-3-13/h4-8,10-13H,2-3,9H2,1H3,(H,21,22)(H,23,24). The van der Waals surface area contributed by atoms with E-state index in [-0.39, 0.29) is 11.9 Å². The molecule has 0 saturated heterocycles. The first kappa shape index (κ1) is 15.6. The average Bonchev–Trinajstić information content (AvgIpc) is 3.36. The maximum Gasteiger partial charge on any atom is 0.253 e. The van der Waals surface area contributed by atoms with Gasteiger partial charge < -0.3 is 15.1 Å². The van der Waals surface area contributed by atoms with E-state index in [1.165, 1.54) is 12.8 Å². The minimum atomic E-state index is -0.243. The number of pyridine rings is 2. The van der Waals surface area contributed by atoms with Crippen LogP contribution in [-0.2, 0) is 0 Å². The van der Waals surface area contributed by atoms with E-state index >= 15 is 0 Å². The number of furan rings is 1. The Hall–Kier alpha value is -2.89. The van der Waals surface area contributed by atoms with Gasteiger partial charge in [0.1, 0.15) is 17.2 Å². The van der Waals surface area contributed by atoms with E-state index in [0.29, 0.717) is 11.3 Å². The van der Waals surface area contributed by atoms with Crippen molar-refractivity contribution in [3.8, 4) is 0 Å². The van der Waals surface area contributed by atoms with Gasteiger partial charge in [0.05, 0.1) is 11.6 Å². The van der Waals surface area contributed by atoms with Gasteiger partial charge >= 0.3 is 0 Å². The number of amides is 1. The molecule has 1 atom stereocenters. The largest absolute Gasteiger partial charge is 0.459 e. The average molecular weight is 336 g/mol. The summed E-state index contributed by atoms with van der Waals surface area (Å²) in [4.78, 5) is 20.8. The van der Waals surface area contributed by atoms with Crippen LogP contribution in [-0.4, -0.2) is 22.4 Å². The van der Waals surface area contributed by atoms with Crippen LogP contribution in [0.4, 0.5) is 5.82 Å². The lowest BCUT2D eigenvalue weighted by molar-refractivity contribution is 0.0935. The molecule has 0 bridgehead atoms. The first-order valence-corrected chi connectivity index (χ1v) is 8.53. The third kappa shape index (κ3) is 3.63. The van der Waals surface area contributed by atoms with E-state index in [2.05, 4.69) is 20.6 Å². The van der Waals surface area contributed by atoms with Crippen molar-refractivity contribution in [2.45, 2.75) is 25.8 Å². The summed E-state index contributed by atoms with van der Waals surface area (Å²) in [5, 5.41) is 7.15. The van der Waals surface area contributed by atoms with E-state index in [1.807, 2.05) is 25.1 Å². The van der Waals surface area contributed by atoms with E-state index in [9.17, 15) is 4.79 Å². The molecule has 6 heteroatoms. The summed E-state index contributed by atoms with van der Waals surface area (Å²) in [6.07, 6.45) is 7.61. The lowest BCUT2D eigenvalue weighted by Crippen LogP contribution is -2.26. The number of rotatable bonds is 6. The molecule has 1 aliphatic carbocycles. The van der Waals surface area contributed by atoms with Crippen molar-refractivity contribution in [2.75, 3.05) is 11.9 Å². The van der Waals surface area contributed by atoms with Crippen LogP contribution in [0.2, 0.25) is 0 Å².